The number of carbonyl (C=O) groups is 2. The average molecular weight is 357 g/mol. The zero-order chi connectivity index (χ0) is 17.6. The van der Waals surface area contributed by atoms with Crippen molar-refractivity contribution in [1.29, 1.82) is 0 Å². The van der Waals surface area contributed by atoms with Crippen molar-refractivity contribution >= 4 is 29.1 Å². The molecule has 1 aliphatic heterocycles. The normalized spacial score (nSPS) is 16.9. The second kappa shape index (κ2) is 8.17. The van der Waals surface area contributed by atoms with Gasteiger partial charge in [-0.3, -0.25) is 9.59 Å². The molecule has 0 radical (unpaired) electrons. The Balaban J connectivity index is 1.49. The van der Waals surface area contributed by atoms with Crippen LogP contribution in [-0.4, -0.2) is 24.9 Å². The predicted molar refractivity (Wildman–Crippen MR) is 99.7 cm³/mol. The van der Waals surface area contributed by atoms with Gasteiger partial charge in [-0.25, -0.2) is 0 Å². The minimum Gasteiger partial charge on any atom is -0.356 e. The highest BCUT2D eigenvalue weighted by molar-refractivity contribution is 6.33. The number of nitrogens with one attached hydrogen (secondary N) is 1. The summed E-state index contributed by atoms with van der Waals surface area (Å²) in [5, 5.41) is 3.48. The molecule has 2 aromatic carbocycles. The highest BCUT2D eigenvalue weighted by Crippen LogP contribution is 2.30. The monoisotopic (exact) mass is 356 g/mol. The molecular formula is C20H21ClN2O2. The second-order valence-electron chi connectivity index (χ2n) is 6.24. The molecule has 4 nitrogen and oxygen atoms in total. The Morgan fingerprint density at radius 2 is 1.84 bits per heavy atom. The highest BCUT2D eigenvalue weighted by Gasteiger charge is 2.35. The molecule has 1 saturated heterocycles. The summed E-state index contributed by atoms with van der Waals surface area (Å²) < 4.78 is 0. The van der Waals surface area contributed by atoms with E-state index in [2.05, 4.69) is 17.4 Å². The summed E-state index contributed by atoms with van der Waals surface area (Å²) in [7, 11) is 0. The zero-order valence-corrected chi connectivity index (χ0v) is 14.7. The Kier molecular flexibility index (Phi) is 5.71. The van der Waals surface area contributed by atoms with E-state index < -0.39 is 0 Å². The number of hydrogen-bond donors (Lipinski definition) is 1. The molecule has 0 unspecified atom stereocenters. The quantitative estimate of drug-likeness (QED) is 0.806. The Morgan fingerprint density at radius 1 is 1.12 bits per heavy atom. The van der Waals surface area contributed by atoms with E-state index in [1.165, 1.54) is 5.56 Å². The molecule has 25 heavy (non-hydrogen) atoms. The van der Waals surface area contributed by atoms with E-state index in [0.29, 0.717) is 23.8 Å². The largest absolute Gasteiger partial charge is 0.356 e. The van der Waals surface area contributed by atoms with Crippen molar-refractivity contribution in [3.8, 4) is 0 Å². The summed E-state index contributed by atoms with van der Waals surface area (Å²) in [5.41, 5.74) is 1.94. The van der Waals surface area contributed by atoms with Crippen molar-refractivity contribution in [3.05, 3.63) is 65.2 Å². The van der Waals surface area contributed by atoms with Crippen LogP contribution >= 0.6 is 11.6 Å². The van der Waals surface area contributed by atoms with Crippen LogP contribution in [0.5, 0.6) is 0 Å². The minimum absolute atomic E-state index is 0.0578. The number of nitrogens with zero attached hydrogens (tertiary/aromatic N) is 1. The van der Waals surface area contributed by atoms with E-state index in [4.69, 9.17) is 11.6 Å². The van der Waals surface area contributed by atoms with Crippen LogP contribution in [0.25, 0.3) is 0 Å². The van der Waals surface area contributed by atoms with Gasteiger partial charge in [0, 0.05) is 19.5 Å². The minimum atomic E-state index is -0.319. The number of para-hydroxylation sites is 1. The highest BCUT2D eigenvalue weighted by atomic mass is 35.5. The van der Waals surface area contributed by atoms with Crippen LogP contribution in [-0.2, 0) is 16.0 Å². The molecule has 1 N–H and O–H groups in total. The fourth-order valence-corrected chi connectivity index (χ4v) is 3.32. The predicted octanol–water partition coefficient (Wildman–Crippen LogP) is 3.44. The molecule has 2 amide bonds. The van der Waals surface area contributed by atoms with Gasteiger partial charge in [0.05, 0.1) is 16.6 Å². The molecule has 0 saturated carbocycles. The second-order valence-corrected chi connectivity index (χ2v) is 6.64. The van der Waals surface area contributed by atoms with Crippen LogP contribution in [0.4, 0.5) is 5.69 Å². The van der Waals surface area contributed by atoms with Gasteiger partial charge in [-0.2, -0.15) is 0 Å². The summed E-state index contributed by atoms with van der Waals surface area (Å²) >= 11 is 6.16. The summed E-state index contributed by atoms with van der Waals surface area (Å²) in [4.78, 5) is 26.2. The van der Waals surface area contributed by atoms with Gasteiger partial charge in [0.25, 0.3) is 0 Å². The van der Waals surface area contributed by atoms with E-state index >= 15 is 0 Å². The first-order valence-electron chi connectivity index (χ1n) is 8.51. The van der Waals surface area contributed by atoms with E-state index in [0.717, 1.165) is 12.8 Å². The van der Waals surface area contributed by atoms with Gasteiger partial charge < -0.3 is 10.2 Å². The zero-order valence-electron chi connectivity index (χ0n) is 14.0. The van der Waals surface area contributed by atoms with Gasteiger partial charge in [0.1, 0.15) is 0 Å². The van der Waals surface area contributed by atoms with E-state index in [1.54, 1.807) is 17.0 Å². The van der Waals surface area contributed by atoms with Crippen LogP contribution in [0.2, 0.25) is 5.02 Å². The summed E-state index contributed by atoms with van der Waals surface area (Å²) in [6.45, 7) is 0.998. The van der Waals surface area contributed by atoms with Crippen molar-refractivity contribution in [3.63, 3.8) is 0 Å². The number of aryl methyl sites for hydroxylation is 1. The van der Waals surface area contributed by atoms with Gasteiger partial charge in [-0.1, -0.05) is 54.1 Å². The molecule has 5 heteroatoms. The van der Waals surface area contributed by atoms with Gasteiger partial charge >= 0.3 is 0 Å². The molecule has 3 rings (SSSR count). The molecule has 1 atom stereocenters. The average Bonchev–Trinajstić information content (AvgIpc) is 3.01. The smallest absolute Gasteiger partial charge is 0.227 e. The number of anilines is 1. The number of benzene rings is 2. The van der Waals surface area contributed by atoms with E-state index in [1.807, 2.05) is 30.3 Å². The lowest BCUT2D eigenvalue weighted by atomic mass is 10.1. The SMILES string of the molecule is O=C(NCCCc1ccccc1)[C@H]1CC(=O)N(c2ccccc2Cl)C1. The number of halogens is 1. The van der Waals surface area contributed by atoms with E-state index in [-0.39, 0.29) is 24.2 Å². The maximum Gasteiger partial charge on any atom is 0.227 e. The first-order valence-corrected chi connectivity index (χ1v) is 8.89. The van der Waals surface area contributed by atoms with Gasteiger partial charge in [0.2, 0.25) is 11.8 Å². The van der Waals surface area contributed by atoms with Crippen LogP contribution in [0.3, 0.4) is 0 Å². The number of amides is 2. The lowest BCUT2D eigenvalue weighted by molar-refractivity contribution is -0.126. The first-order chi connectivity index (χ1) is 12.1. The summed E-state index contributed by atoms with van der Waals surface area (Å²) in [6.07, 6.45) is 2.04. The molecular weight excluding hydrogens is 336 g/mol. The molecule has 0 aromatic heterocycles. The third-order valence-electron chi connectivity index (χ3n) is 4.42. The lowest BCUT2D eigenvalue weighted by Crippen LogP contribution is -2.33. The van der Waals surface area contributed by atoms with Crippen molar-refractivity contribution in [2.75, 3.05) is 18.0 Å². The number of carbonyl (C=O) groups excluding carboxylic acids is 2. The topological polar surface area (TPSA) is 49.4 Å². The molecule has 1 aliphatic rings. The van der Waals surface area contributed by atoms with Crippen LogP contribution in [0, 0.1) is 5.92 Å². The molecule has 1 heterocycles. The fraction of sp³-hybridized carbons (Fsp3) is 0.300. The maximum atomic E-state index is 12.3. The van der Waals surface area contributed by atoms with Crippen molar-refractivity contribution in [2.45, 2.75) is 19.3 Å². The molecule has 0 spiro atoms. The Labute approximate surface area is 152 Å². The van der Waals surface area contributed by atoms with Crippen LogP contribution in [0.15, 0.2) is 54.6 Å². The molecule has 2 aromatic rings. The Bertz CT molecular complexity index is 748. The first kappa shape index (κ1) is 17.5. The van der Waals surface area contributed by atoms with Gasteiger partial charge in [0.15, 0.2) is 0 Å². The number of hydrogen-bond acceptors (Lipinski definition) is 2. The number of rotatable bonds is 6. The molecule has 0 aliphatic carbocycles. The molecule has 0 bridgehead atoms. The lowest BCUT2D eigenvalue weighted by Gasteiger charge is -2.18. The summed E-state index contributed by atoms with van der Waals surface area (Å²) in [5.74, 6) is -0.436. The third-order valence-corrected chi connectivity index (χ3v) is 4.74. The summed E-state index contributed by atoms with van der Waals surface area (Å²) in [6, 6.07) is 17.4. The van der Waals surface area contributed by atoms with Crippen LogP contribution < -0.4 is 10.2 Å². The van der Waals surface area contributed by atoms with Crippen molar-refractivity contribution < 1.29 is 9.59 Å². The fourth-order valence-electron chi connectivity index (χ4n) is 3.08. The van der Waals surface area contributed by atoms with Crippen molar-refractivity contribution in [2.24, 2.45) is 5.92 Å². The van der Waals surface area contributed by atoms with E-state index in [9.17, 15) is 9.59 Å². The Morgan fingerprint density at radius 3 is 2.60 bits per heavy atom. The van der Waals surface area contributed by atoms with Gasteiger partial charge in [-0.05, 0) is 30.5 Å². The Hall–Kier alpha value is -2.33. The molecule has 130 valence electrons. The molecule has 1 fully saturated rings. The van der Waals surface area contributed by atoms with Crippen molar-refractivity contribution in [1.82, 2.24) is 5.32 Å². The third kappa shape index (κ3) is 4.40. The van der Waals surface area contributed by atoms with Crippen LogP contribution in [0.1, 0.15) is 18.4 Å². The maximum absolute atomic E-state index is 12.3. The van der Waals surface area contributed by atoms with Gasteiger partial charge in [-0.15, -0.1) is 0 Å². The standard InChI is InChI=1S/C20H21ClN2O2/c21-17-10-4-5-11-18(17)23-14-16(13-19(23)24)20(25)22-12-6-9-15-7-2-1-3-8-15/h1-5,7-8,10-11,16H,6,9,12-14H2,(H,22,25)/t16-/m0/s1.